The van der Waals surface area contributed by atoms with E-state index in [2.05, 4.69) is 36.3 Å². The van der Waals surface area contributed by atoms with Crippen LogP contribution in [-0.4, -0.2) is 27.4 Å². The van der Waals surface area contributed by atoms with E-state index in [1.54, 1.807) is 0 Å². The maximum atomic E-state index is 8.94. The minimum Gasteiger partial charge on any atom is -0.396 e. The highest BCUT2D eigenvalue weighted by atomic mass is 16.3. The van der Waals surface area contributed by atoms with E-state index >= 15 is 0 Å². The van der Waals surface area contributed by atoms with Gasteiger partial charge < -0.3 is 10.4 Å². The SMILES string of the molecule is Cc1[nH]ncc1C(C)NC(C)(C)CCO. The van der Waals surface area contributed by atoms with Gasteiger partial charge in [-0.05, 0) is 34.1 Å². The first-order valence-electron chi connectivity index (χ1n) is 5.34. The van der Waals surface area contributed by atoms with Crippen molar-refractivity contribution in [3.8, 4) is 0 Å². The van der Waals surface area contributed by atoms with E-state index in [-0.39, 0.29) is 18.2 Å². The van der Waals surface area contributed by atoms with Gasteiger partial charge in [-0.25, -0.2) is 0 Å². The molecule has 1 aromatic rings. The molecule has 1 unspecified atom stereocenters. The van der Waals surface area contributed by atoms with Gasteiger partial charge >= 0.3 is 0 Å². The largest absolute Gasteiger partial charge is 0.396 e. The third-order valence-corrected chi connectivity index (χ3v) is 2.68. The minimum absolute atomic E-state index is 0.0577. The second kappa shape index (κ2) is 4.77. The Morgan fingerprint density at radius 1 is 1.60 bits per heavy atom. The highest BCUT2D eigenvalue weighted by molar-refractivity contribution is 5.18. The quantitative estimate of drug-likeness (QED) is 0.692. The summed E-state index contributed by atoms with van der Waals surface area (Å²) < 4.78 is 0. The molecule has 4 nitrogen and oxygen atoms in total. The first kappa shape index (κ1) is 12.2. The number of aliphatic hydroxyl groups is 1. The van der Waals surface area contributed by atoms with Gasteiger partial charge in [0.05, 0.1) is 6.20 Å². The average Bonchev–Trinajstić information content (AvgIpc) is 2.50. The van der Waals surface area contributed by atoms with Crippen molar-refractivity contribution in [2.75, 3.05) is 6.61 Å². The zero-order valence-corrected chi connectivity index (χ0v) is 9.96. The molecular weight excluding hydrogens is 190 g/mol. The predicted octanol–water partition coefficient (Wildman–Crippen LogP) is 1.53. The summed E-state index contributed by atoms with van der Waals surface area (Å²) in [6.45, 7) is 8.51. The first-order valence-corrected chi connectivity index (χ1v) is 5.34. The van der Waals surface area contributed by atoms with Gasteiger partial charge in [0.25, 0.3) is 0 Å². The van der Waals surface area contributed by atoms with Crippen molar-refractivity contribution >= 4 is 0 Å². The van der Waals surface area contributed by atoms with Crippen molar-refractivity contribution in [2.45, 2.75) is 45.7 Å². The van der Waals surface area contributed by atoms with Crippen LogP contribution in [0.1, 0.15) is 44.5 Å². The third-order valence-electron chi connectivity index (χ3n) is 2.68. The number of aliphatic hydroxyl groups excluding tert-OH is 1. The van der Waals surface area contributed by atoms with Gasteiger partial charge in [-0.15, -0.1) is 0 Å². The monoisotopic (exact) mass is 211 g/mol. The molecule has 0 aliphatic carbocycles. The number of aromatic nitrogens is 2. The molecule has 0 aromatic carbocycles. The molecule has 0 saturated carbocycles. The molecule has 0 spiro atoms. The zero-order chi connectivity index (χ0) is 11.5. The van der Waals surface area contributed by atoms with Crippen LogP contribution in [0.2, 0.25) is 0 Å². The lowest BCUT2D eigenvalue weighted by Gasteiger charge is -2.29. The molecule has 0 bridgehead atoms. The van der Waals surface area contributed by atoms with Crippen LogP contribution >= 0.6 is 0 Å². The summed E-state index contributed by atoms with van der Waals surface area (Å²) in [7, 11) is 0. The van der Waals surface area contributed by atoms with Crippen LogP contribution < -0.4 is 5.32 Å². The van der Waals surface area contributed by atoms with E-state index < -0.39 is 0 Å². The van der Waals surface area contributed by atoms with Crippen LogP contribution in [-0.2, 0) is 0 Å². The van der Waals surface area contributed by atoms with Crippen molar-refractivity contribution in [2.24, 2.45) is 0 Å². The van der Waals surface area contributed by atoms with Gasteiger partial charge in [-0.2, -0.15) is 5.10 Å². The van der Waals surface area contributed by atoms with Crippen LogP contribution in [0.4, 0.5) is 0 Å². The number of hydrogen-bond acceptors (Lipinski definition) is 3. The molecule has 1 atom stereocenters. The molecule has 0 aliphatic heterocycles. The van der Waals surface area contributed by atoms with Crippen molar-refractivity contribution in [1.82, 2.24) is 15.5 Å². The highest BCUT2D eigenvalue weighted by Crippen LogP contribution is 2.19. The highest BCUT2D eigenvalue weighted by Gasteiger charge is 2.21. The second-order valence-corrected chi connectivity index (χ2v) is 4.67. The Balaban J connectivity index is 2.63. The maximum absolute atomic E-state index is 8.94. The van der Waals surface area contributed by atoms with Crippen LogP contribution in [0.25, 0.3) is 0 Å². The Hall–Kier alpha value is -0.870. The van der Waals surface area contributed by atoms with Crippen LogP contribution in [0.3, 0.4) is 0 Å². The van der Waals surface area contributed by atoms with E-state index in [1.807, 2.05) is 13.1 Å². The van der Waals surface area contributed by atoms with Gasteiger partial charge in [-0.3, -0.25) is 5.10 Å². The van der Waals surface area contributed by atoms with Crippen molar-refractivity contribution in [3.63, 3.8) is 0 Å². The lowest BCUT2D eigenvalue weighted by atomic mass is 9.98. The first-order chi connectivity index (χ1) is 6.96. The van der Waals surface area contributed by atoms with E-state index in [0.717, 1.165) is 12.1 Å². The molecule has 1 heterocycles. The summed E-state index contributed by atoms with van der Waals surface area (Å²) in [4.78, 5) is 0. The Labute approximate surface area is 91.1 Å². The van der Waals surface area contributed by atoms with Crippen LogP contribution in [0.5, 0.6) is 0 Å². The van der Waals surface area contributed by atoms with Gasteiger partial charge in [0.15, 0.2) is 0 Å². The smallest absolute Gasteiger partial charge is 0.0537 e. The van der Waals surface area contributed by atoms with E-state index in [0.29, 0.717) is 0 Å². The molecule has 3 N–H and O–H groups in total. The Morgan fingerprint density at radius 2 is 2.27 bits per heavy atom. The summed E-state index contributed by atoms with van der Waals surface area (Å²) >= 11 is 0. The number of rotatable bonds is 5. The molecule has 0 aliphatic rings. The summed E-state index contributed by atoms with van der Waals surface area (Å²) in [5.74, 6) is 0. The Kier molecular flexibility index (Phi) is 3.88. The molecule has 4 heteroatoms. The predicted molar refractivity (Wildman–Crippen MR) is 60.7 cm³/mol. The van der Waals surface area contributed by atoms with Crippen LogP contribution in [0.15, 0.2) is 6.20 Å². The average molecular weight is 211 g/mol. The Morgan fingerprint density at radius 3 is 2.73 bits per heavy atom. The van der Waals surface area contributed by atoms with Gasteiger partial charge in [-0.1, -0.05) is 0 Å². The third kappa shape index (κ3) is 3.32. The van der Waals surface area contributed by atoms with Crippen molar-refractivity contribution in [1.29, 1.82) is 0 Å². The number of aryl methyl sites for hydroxylation is 1. The minimum atomic E-state index is -0.0577. The molecule has 0 fully saturated rings. The van der Waals surface area contributed by atoms with Crippen molar-refractivity contribution in [3.05, 3.63) is 17.5 Å². The molecule has 0 radical (unpaired) electrons. The molecular formula is C11H21N3O. The molecule has 0 saturated heterocycles. The molecule has 0 amide bonds. The fourth-order valence-electron chi connectivity index (χ4n) is 1.81. The van der Waals surface area contributed by atoms with Crippen LogP contribution in [0, 0.1) is 6.92 Å². The van der Waals surface area contributed by atoms with E-state index in [4.69, 9.17) is 5.11 Å². The fourth-order valence-corrected chi connectivity index (χ4v) is 1.81. The standard InChI is InChI=1S/C11H21N3O/c1-8(10-7-12-14-9(10)2)13-11(3,4)5-6-15/h7-8,13,15H,5-6H2,1-4H3,(H,12,14). The molecule has 86 valence electrons. The topological polar surface area (TPSA) is 60.9 Å². The number of nitrogens with zero attached hydrogens (tertiary/aromatic N) is 1. The number of H-pyrrole nitrogens is 1. The maximum Gasteiger partial charge on any atom is 0.0537 e. The fraction of sp³-hybridized carbons (Fsp3) is 0.727. The number of nitrogens with one attached hydrogen (secondary N) is 2. The summed E-state index contributed by atoms with van der Waals surface area (Å²) in [6, 6.07) is 0.241. The lowest BCUT2D eigenvalue weighted by Crippen LogP contribution is -2.41. The zero-order valence-electron chi connectivity index (χ0n) is 9.96. The molecule has 1 rings (SSSR count). The molecule has 1 aromatic heterocycles. The normalized spacial score (nSPS) is 14.2. The lowest BCUT2D eigenvalue weighted by molar-refractivity contribution is 0.221. The summed E-state index contributed by atoms with van der Waals surface area (Å²) in [5.41, 5.74) is 2.22. The van der Waals surface area contributed by atoms with E-state index in [1.165, 1.54) is 5.56 Å². The van der Waals surface area contributed by atoms with Gasteiger partial charge in [0, 0.05) is 29.4 Å². The Bertz CT molecular complexity index is 307. The molecule has 15 heavy (non-hydrogen) atoms. The van der Waals surface area contributed by atoms with Gasteiger partial charge in [0.1, 0.15) is 0 Å². The number of hydrogen-bond donors (Lipinski definition) is 3. The van der Waals surface area contributed by atoms with E-state index in [9.17, 15) is 0 Å². The van der Waals surface area contributed by atoms with Gasteiger partial charge in [0.2, 0.25) is 0 Å². The second-order valence-electron chi connectivity index (χ2n) is 4.67. The number of aromatic amines is 1. The summed E-state index contributed by atoms with van der Waals surface area (Å²) in [6.07, 6.45) is 2.59. The summed E-state index contributed by atoms with van der Waals surface area (Å²) in [5, 5.41) is 19.4. The van der Waals surface area contributed by atoms with Crippen molar-refractivity contribution < 1.29 is 5.11 Å².